The van der Waals surface area contributed by atoms with Crippen molar-refractivity contribution >= 4 is 57.6 Å². The van der Waals surface area contributed by atoms with Crippen LogP contribution >= 0.6 is 57.6 Å². The summed E-state index contributed by atoms with van der Waals surface area (Å²) in [5, 5.41) is 0. The summed E-state index contributed by atoms with van der Waals surface area (Å²) >= 11 is 7.17. The van der Waals surface area contributed by atoms with E-state index in [0.29, 0.717) is 6.61 Å². The van der Waals surface area contributed by atoms with Crippen molar-refractivity contribution in [1.29, 1.82) is 0 Å². The molecule has 0 aromatic carbocycles. The van der Waals surface area contributed by atoms with E-state index >= 15 is 0 Å². The molecule has 0 fully saturated rings. The number of hydrogen-bond donors (Lipinski definition) is 0. The second-order valence-corrected chi connectivity index (χ2v) is 47.2. The van der Waals surface area contributed by atoms with Gasteiger partial charge >= 0.3 is 85.9 Å². The van der Waals surface area contributed by atoms with E-state index in [-0.39, 0.29) is 0 Å². The first kappa shape index (κ1) is 10.6. The Kier molecular flexibility index (Phi) is 7.00. The van der Waals surface area contributed by atoms with Gasteiger partial charge in [-0.15, -0.1) is 0 Å². The summed E-state index contributed by atoms with van der Waals surface area (Å²) in [5.74, 6) is 0. The van der Waals surface area contributed by atoms with Crippen LogP contribution < -0.4 is 0 Å². The van der Waals surface area contributed by atoms with Crippen LogP contribution in [0.4, 0.5) is 0 Å². The van der Waals surface area contributed by atoms with Crippen molar-refractivity contribution in [3.05, 3.63) is 12.7 Å². The Hall–Kier alpha value is 2.60. The van der Waals surface area contributed by atoms with Gasteiger partial charge in [0, 0.05) is 0 Å². The Labute approximate surface area is 83.9 Å². The molecule has 0 radical (unpaired) electrons. The maximum absolute atomic E-state index is 5.41. The Morgan fingerprint density at radius 2 is 2.00 bits per heavy atom. The van der Waals surface area contributed by atoms with Crippen LogP contribution in [0.25, 0.3) is 0 Å². The summed E-state index contributed by atoms with van der Waals surface area (Å²) in [6.07, 6.45) is 1.79. The molecule has 0 amide bonds. The van der Waals surface area contributed by atoms with E-state index in [1.165, 1.54) is 0 Å². The average Bonchev–Trinajstić information content (AvgIpc) is 1.59. The van der Waals surface area contributed by atoms with Crippen molar-refractivity contribution in [2.45, 2.75) is 0 Å². The Morgan fingerprint density at radius 3 is 2.12 bits per heavy atom. The van der Waals surface area contributed by atoms with Crippen LogP contribution in [-0.2, 0) is 9.05 Å². The topological polar surface area (TPSA) is 9.23 Å². The normalized spacial score (nSPS) is 11.4. The van der Waals surface area contributed by atoms with Gasteiger partial charge in [0.2, 0.25) is 0 Å². The number of rotatable bonds is 3. The molecule has 0 saturated heterocycles. The zero-order valence-corrected chi connectivity index (χ0v) is 12.1. The predicted molar refractivity (Wildman–Crippen MR) is 58.2 cm³/mol. The van der Waals surface area contributed by atoms with Crippen LogP contribution in [0.2, 0.25) is 0 Å². The van der Waals surface area contributed by atoms with E-state index < -0.39 is 5.73 Å². The molecular weight excluding hydrogens is 481 g/mol. The summed E-state index contributed by atoms with van der Waals surface area (Å²) in [4.78, 5) is 0. The third kappa shape index (κ3) is 8.60. The maximum atomic E-state index is 5.41. The average molecular weight is 486 g/mol. The van der Waals surface area contributed by atoms with Crippen LogP contribution in [0.3, 0.4) is 0 Å². The minimum absolute atomic E-state index is 0.703. The van der Waals surface area contributed by atoms with Crippen LogP contribution in [0.1, 0.15) is 0 Å². The molecule has 0 unspecified atom stereocenters. The van der Waals surface area contributed by atoms with Gasteiger partial charge in [-0.3, -0.25) is 0 Å². The second kappa shape index (κ2) is 5.28. The summed E-state index contributed by atoms with van der Waals surface area (Å²) in [5.41, 5.74) is -1.77. The van der Waals surface area contributed by atoms with Gasteiger partial charge in [-0.25, -0.2) is 0 Å². The van der Waals surface area contributed by atoms with E-state index in [9.17, 15) is 0 Å². The fourth-order valence-electron chi connectivity index (χ4n) is 0.153. The monoisotopic (exact) mass is 486 g/mol. The van der Waals surface area contributed by atoms with Crippen LogP contribution in [-0.4, -0.2) is 6.61 Å². The predicted octanol–water partition coefficient (Wildman–Crippen LogP) is 3.31. The molecule has 0 bridgehead atoms. The number of hydrogen-bond acceptors (Lipinski definition) is 1. The molecule has 0 aliphatic carbocycles. The molecule has 5 heteroatoms. The van der Waals surface area contributed by atoms with Gasteiger partial charge in [0.1, 0.15) is 0 Å². The van der Waals surface area contributed by atoms with E-state index in [4.69, 9.17) is 3.32 Å². The SMILES string of the molecule is C=CC[O][Ti]([I])([I])[I]. The summed E-state index contributed by atoms with van der Waals surface area (Å²) in [6, 6.07) is 0. The van der Waals surface area contributed by atoms with Crippen molar-refractivity contribution in [2.24, 2.45) is 0 Å². The molecule has 1 nitrogen and oxygen atoms in total. The molecule has 0 aromatic rings. The molecule has 0 spiro atoms. The van der Waals surface area contributed by atoms with E-state index in [1.54, 1.807) is 6.08 Å². The van der Waals surface area contributed by atoms with Crippen LogP contribution in [0, 0.1) is 0 Å². The molecule has 0 aromatic heterocycles. The first-order chi connectivity index (χ1) is 3.56. The van der Waals surface area contributed by atoms with E-state index in [2.05, 4.69) is 64.1 Å². The fraction of sp³-hybridized carbons (Fsp3) is 0.333. The first-order valence-corrected chi connectivity index (χ1v) is 17.6. The standard InChI is InChI=1S/C3H5O.3HI.Ti/c1-2-3-4;;;;/h2H,1,3H2;3*1H;/q-1;;;;+4/p-3. The Morgan fingerprint density at radius 1 is 1.50 bits per heavy atom. The molecule has 0 saturated carbocycles. The molecule has 8 heavy (non-hydrogen) atoms. The molecular formula is C3H5I3OTi. The van der Waals surface area contributed by atoms with Crippen molar-refractivity contribution in [3.8, 4) is 0 Å². The Bertz CT molecular complexity index is 79.1. The molecule has 48 valence electrons. The summed E-state index contributed by atoms with van der Waals surface area (Å²) < 4.78 is 5.41. The summed E-state index contributed by atoms with van der Waals surface area (Å²) in [7, 11) is 0. The van der Waals surface area contributed by atoms with Crippen molar-refractivity contribution in [3.63, 3.8) is 0 Å². The fourth-order valence-corrected chi connectivity index (χ4v) is 2.86. The van der Waals surface area contributed by atoms with Gasteiger partial charge in [-0.05, 0) is 0 Å². The number of halogens is 3. The summed E-state index contributed by atoms with van der Waals surface area (Å²) in [6.45, 7) is 4.26. The third-order valence-corrected chi connectivity index (χ3v) is 4.99. The van der Waals surface area contributed by atoms with Crippen molar-refractivity contribution in [1.82, 2.24) is 0 Å². The van der Waals surface area contributed by atoms with Gasteiger partial charge in [0.05, 0.1) is 0 Å². The minimum atomic E-state index is -1.77. The zero-order chi connectivity index (χ0) is 6.62. The second-order valence-electron chi connectivity index (χ2n) is 1.05. The van der Waals surface area contributed by atoms with Crippen LogP contribution in [0.15, 0.2) is 12.7 Å². The third-order valence-electron chi connectivity index (χ3n) is 0.365. The Balaban J connectivity index is 3.24. The molecule has 0 aliphatic rings. The van der Waals surface area contributed by atoms with Crippen molar-refractivity contribution in [2.75, 3.05) is 6.61 Å². The van der Waals surface area contributed by atoms with Gasteiger partial charge in [0.15, 0.2) is 0 Å². The molecule has 0 aliphatic heterocycles. The molecule has 0 atom stereocenters. The quantitative estimate of drug-likeness (QED) is 0.339. The zero-order valence-electron chi connectivity index (χ0n) is 4.03. The molecule has 0 heterocycles. The van der Waals surface area contributed by atoms with Gasteiger partial charge in [-0.1, -0.05) is 0 Å². The molecule has 0 N–H and O–H groups in total. The first-order valence-electron chi connectivity index (χ1n) is 1.88. The molecule has 0 rings (SSSR count). The van der Waals surface area contributed by atoms with Gasteiger partial charge in [0.25, 0.3) is 0 Å². The van der Waals surface area contributed by atoms with Gasteiger partial charge in [-0.2, -0.15) is 0 Å². The van der Waals surface area contributed by atoms with E-state index in [1.807, 2.05) is 0 Å². The van der Waals surface area contributed by atoms with Gasteiger partial charge < -0.3 is 0 Å². The van der Waals surface area contributed by atoms with Crippen LogP contribution in [0.5, 0.6) is 0 Å². The van der Waals surface area contributed by atoms with Crippen molar-refractivity contribution < 1.29 is 9.05 Å². The van der Waals surface area contributed by atoms with E-state index in [0.717, 1.165) is 0 Å².